The number of rotatable bonds is 7. The molecule has 0 bridgehead atoms. The maximum Gasteiger partial charge on any atom is 0.282 e. The molecule has 0 unspecified atom stereocenters. The standard InChI is InChI=1S/C21H19Cl2F2N5O2S/c1-11-5-13(22)6-12(8-27-14-9-33(32)10-14)18(11)28-21(31)17-7-16(19(24)25)29-30(17)20-15(23)3-2-4-26-20/h2-7,14,19,27H,8-10H2,1H3,(H,28,31). The van der Waals surface area contributed by atoms with E-state index in [1.54, 1.807) is 25.1 Å². The van der Waals surface area contributed by atoms with Gasteiger partial charge in [-0.25, -0.2) is 18.4 Å². The number of alkyl halides is 2. The van der Waals surface area contributed by atoms with Gasteiger partial charge in [-0.05, 0) is 48.4 Å². The van der Waals surface area contributed by atoms with Gasteiger partial charge >= 0.3 is 0 Å². The second-order valence-corrected chi connectivity index (χ2v) is 9.93. The fourth-order valence-corrected chi connectivity index (χ4v) is 4.98. The normalized spacial score (nSPS) is 17.8. The van der Waals surface area contributed by atoms with Crippen molar-refractivity contribution >= 4 is 45.6 Å². The van der Waals surface area contributed by atoms with Crippen LogP contribution in [-0.2, 0) is 17.3 Å². The number of halogens is 4. The first-order valence-corrected chi connectivity index (χ1v) is 12.1. The highest BCUT2D eigenvalue weighted by atomic mass is 35.5. The Hall–Kier alpha value is -2.40. The van der Waals surface area contributed by atoms with E-state index in [9.17, 15) is 17.8 Å². The highest BCUT2D eigenvalue weighted by Gasteiger charge is 2.26. The predicted molar refractivity (Wildman–Crippen MR) is 124 cm³/mol. The third-order valence-corrected chi connectivity index (χ3v) is 7.16. The van der Waals surface area contributed by atoms with Crippen LogP contribution >= 0.6 is 23.2 Å². The topological polar surface area (TPSA) is 88.9 Å². The Morgan fingerprint density at radius 1 is 1.30 bits per heavy atom. The minimum absolute atomic E-state index is 0.0592. The molecule has 0 radical (unpaired) electrons. The Morgan fingerprint density at radius 3 is 2.73 bits per heavy atom. The molecule has 3 heterocycles. The highest BCUT2D eigenvalue weighted by molar-refractivity contribution is 7.86. The second kappa shape index (κ2) is 9.84. The number of carbonyl (C=O) groups excluding carboxylic acids is 1. The molecule has 1 fully saturated rings. The van der Waals surface area contributed by atoms with Gasteiger partial charge in [-0.2, -0.15) is 5.10 Å². The third-order valence-electron chi connectivity index (χ3n) is 5.10. The first kappa shape index (κ1) is 23.7. The molecule has 1 aromatic carbocycles. The first-order valence-electron chi connectivity index (χ1n) is 9.90. The molecular weight excluding hydrogens is 495 g/mol. The summed E-state index contributed by atoms with van der Waals surface area (Å²) in [6, 6.07) is 7.64. The largest absolute Gasteiger partial charge is 0.320 e. The molecular formula is C21H19Cl2F2N5O2S. The van der Waals surface area contributed by atoms with E-state index in [1.165, 1.54) is 12.3 Å². The quantitative estimate of drug-likeness (QED) is 0.491. The van der Waals surface area contributed by atoms with Gasteiger partial charge in [-0.3, -0.25) is 9.00 Å². The molecule has 12 heteroatoms. The van der Waals surface area contributed by atoms with Gasteiger partial charge in [-0.15, -0.1) is 0 Å². The molecule has 0 spiro atoms. The molecule has 0 aliphatic carbocycles. The van der Waals surface area contributed by atoms with E-state index in [0.29, 0.717) is 39.9 Å². The number of aryl methyl sites for hydroxylation is 1. The molecule has 3 aromatic rings. The average molecular weight is 514 g/mol. The molecule has 2 N–H and O–H groups in total. The summed E-state index contributed by atoms with van der Waals surface area (Å²) in [4.78, 5) is 17.3. The van der Waals surface area contributed by atoms with Crippen LogP contribution in [-0.4, -0.2) is 42.4 Å². The second-order valence-electron chi connectivity index (χ2n) is 7.54. The highest BCUT2D eigenvalue weighted by Crippen LogP contribution is 2.28. The van der Waals surface area contributed by atoms with Crippen molar-refractivity contribution in [3.8, 4) is 5.82 Å². The fraction of sp³-hybridized carbons (Fsp3) is 0.286. The lowest BCUT2D eigenvalue weighted by Crippen LogP contribution is -2.47. The molecule has 1 aliphatic heterocycles. The fourth-order valence-electron chi connectivity index (χ4n) is 3.44. The lowest BCUT2D eigenvalue weighted by Gasteiger charge is -2.26. The molecule has 0 atom stereocenters. The summed E-state index contributed by atoms with van der Waals surface area (Å²) in [6.45, 7) is 2.16. The van der Waals surface area contributed by atoms with Crippen LogP contribution < -0.4 is 10.6 Å². The van der Waals surface area contributed by atoms with Gasteiger partial charge in [0.25, 0.3) is 12.3 Å². The summed E-state index contributed by atoms with van der Waals surface area (Å²) in [5.41, 5.74) is 1.18. The Labute approximate surface area is 200 Å². The van der Waals surface area contributed by atoms with E-state index >= 15 is 0 Å². The Balaban J connectivity index is 1.66. The summed E-state index contributed by atoms with van der Waals surface area (Å²) in [6.07, 6.45) is -1.46. The molecule has 1 saturated heterocycles. The van der Waals surface area contributed by atoms with Crippen molar-refractivity contribution in [3.05, 3.63) is 69.1 Å². The third kappa shape index (κ3) is 5.24. The van der Waals surface area contributed by atoms with E-state index in [4.69, 9.17) is 23.2 Å². The Morgan fingerprint density at radius 2 is 2.06 bits per heavy atom. The minimum Gasteiger partial charge on any atom is -0.320 e. The van der Waals surface area contributed by atoms with Crippen LogP contribution in [0.3, 0.4) is 0 Å². The summed E-state index contributed by atoms with van der Waals surface area (Å²) in [5, 5.41) is 10.6. The van der Waals surface area contributed by atoms with Crippen molar-refractivity contribution in [1.82, 2.24) is 20.1 Å². The Kier molecular flexibility index (Phi) is 7.08. The molecule has 7 nitrogen and oxygen atoms in total. The maximum absolute atomic E-state index is 13.4. The SMILES string of the molecule is Cc1cc(Cl)cc(CNC2CS(=O)C2)c1NC(=O)c1cc(C(F)F)nn1-c1ncccc1Cl. The van der Waals surface area contributed by atoms with Crippen LogP contribution in [0.2, 0.25) is 10.0 Å². The molecule has 33 heavy (non-hydrogen) atoms. The zero-order chi connectivity index (χ0) is 23.7. The van der Waals surface area contributed by atoms with E-state index in [0.717, 1.165) is 10.7 Å². The van der Waals surface area contributed by atoms with E-state index in [2.05, 4.69) is 20.7 Å². The van der Waals surface area contributed by atoms with E-state index < -0.39 is 28.8 Å². The van der Waals surface area contributed by atoms with Crippen LogP contribution in [0.1, 0.15) is 33.7 Å². The van der Waals surface area contributed by atoms with Crippen LogP contribution in [0.25, 0.3) is 5.82 Å². The lowest BCUT2D eigenvalue weighted by atomic mass is 10.1. The van der Waals surface area contributed by atoms with Gasteiger partial charge in [0, 0.05) is 51.8 Å². The first-order chi connectivity index (χ1) is 15.7. The molecule has 4 rings (SSSR count). The zero-order valence-corrected chi connectivity index (χ0v) is 19.6. The van der Waals surface area contributed by atoms with Crippen LogP contribution in [0.5, 0.6) is 0 Å². The molecule has 174 valence electrons. The van der Waals surface area contributed by atoms with Gasteiger partial charge in [-0.1, -0.05) is 23.2 Å². The number of nitrogens with zero attached hydrogens (tertiary/aromatic N) is 3. The van der Waals surface area contributed by atoms with E-state index in [1.807, 2.05) is 0 Å². The van der Waals surface area contributed by atoms with Gasteiger partial charge in [0.15, 0.2) is 5.82 Å². The number of amides is 1. The molecule has 2 aromatic heterocycles. The maximum atomic E-state index is 13.4. The number of benzene rings is 1. The number of pyridine rings is 1. The van der Waals surface area contributed by atoms with Crippen molar-refractivity contribution in [2.45, 2.75) is 25.9 Å². The Bertz CT molecular complexity index is 1230. The molecule has 1 amide bonds. The van der Waals surface area contributed by atoms with Crippen LogP contribution in [0.15, 0.2) is 36.5 Å². The van der Waals surface area contributed by atoms with Crippen LogP contribution in [0.4, 0.5) is 14.5 Å². The smallest absolute Gasteiger partial charge is 0.282 e. The van der Waals surface area contributed by atoms with Gasteiger partial charge in [0.1, 0.15) is 11.4 Å². The monoisotopic (exact) mass is 513 g/mol. The summed E-state index contributed by atoms with van der Waals surface area (Å²) < 4.78 is 39.1. The van der Waals surface area contributed by atoms with Gasteiger partial charge in [0.2, 0.25) is 0 Å². The summed E-state index contributed by atoms with van der Waals surface area (Å²) in [7, 11) is -0.799. The lowest BCUT2D eigenvalue weighted by molar-refractivity contribution is 0.101. The number of carbonyl (C=O) groups is 1. The summed E-state index contributed by atoms with van der Waals surface area (Å²) in [5.74, 6) is 0.542. The summed E-state index contributed by atoms with van der Waals surface area (Å²) >= 11 is 12.4. The average Bonchev–Trinajstić information content (AvgIpc) is 3.18. The number of aromatic nitrogens is 3. The van der Waals surface area contributed by atoms with Gasteiger partial charge < -0.3 is 10.6 Å². The number of nitrogens with one attached hydrogen (secondary N) is 2. The van der Waals surface area contributed by atoms with Crippen molar-refractivity contribution in [2.75, 3.05) is 16.8 Å². The predicted octanol–water partition coefficient (Wildman–Crippen LogP) is 4.29. The van der Waals surface area contributed by atoms with Crippen molar-refractivity contribution < 1.29 is 17.8 Å². The van der Waals surface area contributed by atoms with Gasteiger partial charge in [0.05, 0.1) is 5.02 Å². The van der Waals surface area contributed by atoms with Crippen molar-refractivity contribution in [2.24, 2.45) is 0 Å². The van der Waals surface area contributed by atoms with Crippen LogP contribution in [0, 0.1) is 6.92 Å². The molecule has 1 aliphatic rings. The minimum atomic E-state index is -2.88. The van der Waals surface area contributed by atoms with E-state index in [-0.39, 0.29) is 22.6 Å². The van der Waals surface area contributed by atoms with Crippen molar-refractivity contribution in [1.29, 1.82) is 0 Å². The number of hydrogen-bond donors (Lipinski definition) is 2. The number of anilines is 1. The molecule has 0 saturated carbocycles. The van der Waals surface area contributed by atoms with Crippen molar-refractivity contribution in [3.63, 3.8) is 0 Å². The number of hydrogen-bond acceptors (Lipinski definition) is 5. The zero-order valence-electron chi connectivity index (χ0n) is 17.3.